The number of amides is 2. The fourth-order valence-corrected chi connectivity index (χ4v) is 2.34. The molecule has 1 aromatic heterocycles. The van der Waals surface area contributed by atoms with E-state index in [0.717, 1.165) is 16.8 Å². The fraction of sp³-hybridized carbons (Fsp3) is 0.412. The topological polar surface area (TPSA) is 91.7 Å². The third-order valence-corrected chi connectivity index (χ3v) is 3.92. The molecule has 25 heavy (non-hydrogen) atoms. The summed E-state index contributed by atoms with van der Waals surface area (Å²) in [5, 5.41) is 21.2. The number of aromatic nitrogens is 2. The minimum Gasteiger partial charge on any atom is -0.390 e. The Morgan fingerprint density at radius 3 is 2.88 bits per heavy atom. The molecule has 0 saturated heterocycles. The second kappa shape index (κ2) is 8.61. The zero-order valence-electron chi connectivity index (χ0n) is 15.0. The van der Waals surface area contributed by atoms with Gasteiger partial charge in [-0.1, -0.05) is 12.1 Å². The minimum absolute atomic E-state index is 0.300. The zero-order chi connectivity index (χ0) is 18.4. The third kappa shape index (κ3) is 5.56. The Labute approximate surface area is 147 Å². The number of nitrogens with one attached hydrogen (secondary N) is 2. The molecule has 1 aromatic carbocycles. The smallest absolute Gasteiger partial charge is 0.323 e. The number of nitrogens with zero attached hydrogens (tertiary/aromatic N) is 3. The Hall–Kier alpha value is -2.42. The molecule has 0 aliphatic rings. The van der Waals surface area contributed by atoms with Crippen molar-refractivity contribution in [1.82, 2.24) is 14.8 Å². The van der Waals surface area contributed by atoms with Crippen molar-refractivity contribution in [2.75, 3.05) is 31.3 Å². The van der Waals surface area contributed by atoms with Gasteiger partial charge < -0.3 is 20.6 Å². The third-order valence-electron chi connectivity index (χ3n) is 3.92. The number of carbonyl (C=O) groups is 1. The van der Waals surface area contributed by atoms with Gasteiger partial charge in [0.1, 0.15) is 0 Å². The first-order valence-electron chi connectivity index (χ1n) is 7.99. The second-order valence-electron chi connectivity index (χ2n) is 5.92. The summed E-state index contributed by atoms with van der Waals surface area (Å²) in [7, 11) is 3.27. The fourth-order valence-electron chi connectivity index (χ4n) is 2.34. The zero-order valence-corrected chi connectivity index (χ0v) is 15.0. The molecule has 136 valence electrons. The van der Waals surface area contributed by atoms with Crippen molar-refractivity contribution >= 4 is 17.4 Å². The van der Waals surface area contributed by atoms with Crippen LogP contribution in [0.5, 0.6) is 0 Å². The van der Waals surface area contributed by atoms with E-state index in [0.29, 0.717) is 18.8 Å². The van der Waals surface area contributed by atoms with Crippen LogP contribution >= 0.6 is 0 Å². The van der Waals surface area contributed by atoms with Gasteiger partial charge in [-0.3, -0.25) is 4.68 Å². The van der Waals surface area contributed by atoms with Gasteiger partial charge in [-0.2, -0.15) is 10.2 Å². The van der Waals surface area contributed by atoms with Crippen molar-refractivity contribution in [3.05, 3.63) is 41.7 Å². The van der Waals surface area contributed by atoms with E-state index in [1.807, 2.05) is 32.0 Å². The molecule has 0 aliphatic heterocycles. The van der Waals surface area contributed by atoms with Gasteiger partial charge in [-0.05, 0) is 31.0 Å². The molecule has 0 fully saturated rings. The first kappa shape index (κ1) is 18.9. The lowest BCUT2D eigenvalue weighted by Crippen LogP contribution is -2.31. The van der Waals surface area contributed by atoms with Gasteiger partial charge in [0, 0.05) is 18.9 Å². The van der Waals surface area contributed by atoms with E-state index < -0.39 is 6.10 Å². The molecule has 0 spiro atoms. The monoisotopic (exact) mass is 347 g/mol. The van der Waals surface area contributed by atoms with Crippen LogP contribution < -0.4 is 10.6 Å². The van der Waals surface area contributed by atoms with E-state index in [2.05, 4.69) is 15.7 Å². The number of hydrogen-bond acceptors (Lipinski definition) is 5. The lowest BCUT2D eigenvalue weighted by Gasteiger charge is -2.17. The van der Waals surface area contributed by atoms with E-state index in [4.69, 9.17) is 4.84 Å². The molecule has 0 bridgehead atoms. The summed E-state index contributed by atoms with van der Waals surface area (Å²) in [6.45, 7) is 4.61. The lowest BCUT2D eigenvalue weighted by atomic mass is 10.1. The van der Waals surface area contributed by atoms with Gasteiger partial charge in [0.15, 0.2) is 0 Å². The van der Waals surface area contributed by atoms with Crippen molar-refractivity contribution < 1.29 is 14.7 Å². The van der Waals surface area contributed by atoms with Gasteiger partial charge in [-0.25, -0.2) is 4.79 Å². The molecular formula is C17H25N5O3. The summed E-state index contributed by atoms with van der Waals surface area (Å²) < 4.78 is 1.57. The highest BCUT2D eigenvalue weighted by atomic mass is 16.7. The first-order chi connectivity index (χ1) is 11.9. The highest BCUT2D eigenvalue weighted by molar-refractivity contribution is 6.00. The average Bonchev–Trinajstić information content (AvgIpc) is 2.98. The molecule has 2 aromatic rings. The van der Waals surface area contributed by atoms with Crippen molar-refractivity contribution in [1.29, 1.82) is 0 Å². The molecule has 8 heteroatoms. The molecule has 2 amide bonds. The van der Waals surface area contributed by atoms with E-state index in [9.17, 15) is 9.90 Å². The normalized spacial score (nSPS) is 12.2. The van der Waals surface area contributed by atoms with Gasteiger partial charge >= 0.3 is 6.03 Å². The molecule has 0 aliphatic carbocycles. The highest BCUT2D eigenvalue weighted by Gasteiger charge is 2.11. The molecule has 0 saturated carbocycles. The highest BCUT2D eigenvalue weighted by Crippen LogP contribution is 2.18. The minimum atomic E-state index is -0.638. The molecule has 2 rings (SSSR count). The van der Waals surface area contributed by atoms with Gasteiger partial charge in [0.2, 0.25) is 0 Å². The molecular weight excluding hydrogens is 322 g/mol. The Morgan fingerprint density at radius 1 is 1.40 bits per heavy atom. The number of hydrogen-bond donors (Lipinski definition) is 3. The number of hydroxylamine groups is 2. The van der Waals surface area contributed by atoms with Crippen LogP contribution in [0.1, 0.15) is 11.1 Å². The SMILES string of the molecule is CON(C)C[C@H](O)Cn1cc(NC(=O)Nc2cccc(C)c2C)cn1. The molecule has 1 heterocycles. The molecule has 3 N–H and O–H groups in total. The van der Waals surface area contributed by atoms with E-state index >= 15 is 0 Å². The number of benzene rings is 1. The van der Waals surface area contributed by atoms with Crippen LogP contribution in [-0.2, 0) is 11.4 Å². The number of aryl methyl sites for hydroxylation is 1. The van der Waals surface area contributed by atoms with Crippen LogP contribution in [0.25, 0.3) is 0 Å². The Morgan fingerprint density at radius 2 is 2.16 bits per heavy atom. The van der Waals surface area contributed by atoms with Crippen molar-refractivity contribution in [2.24, 2.45) is 0 Å². The summed E-state index contributed by atoms with van der Waals surface area (Å²) in [5.74, 6) is 0. The summed E-state index contributed by atoms with van der Waals surface area (Å²) >= 11 is 0. The number of carbonyl (C=O) groups excluding carboxylic acids is 1. The Bertz CT molecular complexity index is 716. The first-order valence-corrected chi connectivity index (χ1v) is 7.99. The number of anilines is 2. The Kier molecular flexibility index (Phi) is 6.51. The van der Waals surface area contributed by atoms with Crippen LogP contribution in [0.3, 0.4) is 0 Å². The molecule has 0 radical (unpaired) electrons. The van der Waals surface area contributed by atoms with Gasteiger partial charge in [0.05, 0.1) is 38.2 Å². The van der Waals surface area contributed by atoms with Crippen molar-refractivity contribution in [3.63, 3.8) is 0 Å². The van der Waals surface area contributed by atoms with Crippen LogP contribution in [-0.4, -0.2) is 52.8 Å². The van der Waals surface area contributed by atoms with E-state index in [-0.39, 0.29) is 6.03 Å². The van der Waals surface area contributed by atoms with Crippen LogP contribution in [0.2, 0.25) is 0 Å². The summed E-state index contributed by atoms with van der Waals surface area (Å²) in [5.41, 5.74) is 3.46. The number of aliphatic hydroxyl groups is 1. The van der Waals surface area contributed by atoms with Gasteiger partial charge in [0.25, 0.3) is 0 Å². The molecule has 0 unspecified atom stereocenters. The maximum atomic E-state index is 12.1. The van der Waals surface area contributed by atoms with Gasteiger partial charge in [-0.15, -0.1) is 0 Å². The predicted molar refractivity (Wildman–Crippen MR) is 96.4 cm³/mol. The van der Waals surface area contributed by atoms with E-state index in [1.165, 1.54) is 18.4 Å². The maximum Gasteiger partial charge on any atom is 0.323 e. The van der Waals surface area contributed by atoms with Crippen LogP contribution in [0.15, 0.2) is 30.6 Å². The Balaban J connectivity index is 1.90. The number of rotatable bonds is 7. The number of urea groups is 1. The lowest BCUT2D eigenvalue weighted by molar-refractivity contribution is -0.129. The molecule has 1 atom stereocenters. The number of likely N-dealkylation sites (N-methyl/N-ethyl adjacent to an activating group) is 1. The predicted octanol–water partition coefficient (Wildman–Crippen LogP) is 2.00. The maximum absolute atomic E-state index is 12.1. The second-order valence-corrected chi connectivity index (χ2v) is 5.92. The van der Waals surface area contributed by atoms with Crippen LogP contribution in [0, 0.1) is 13.8 Å². The summed E-state index contributed by atoms with van der Waals surface area (Å²) in [6, 6.07) is 5.41. The average molecular weight is 347 g/mol. The summed E-state index contributed by atoms with van der Waals surface area (Å²) in [4.78, 5) is 17.1. The largest absolute Gasteiger partial charge is 0.390 e. The van der Waals surface area contributed by atoms with E-state index in [1.54, 1.807) is 17.9 Å². The molecule has 8 nitrogen and oxygen atoms in total. The summed E-state index contributed by atoms with van der Waals surface area (Å²) in [6.07, 6.45) is 2.56. The standard InChI is InChI=1S/C17H25N5O3/c1-12-6-5-7-16(13(12)2)20-17(24)19-14-8-18-22(9-14)11-15(23)10-21(3)25-4/h5-9,15,23H,10-11H2,1-4H3,(H2,19,20,24)/t15-/m0/s1. The quantitative estimate of drug-likeness (QED) is 0.666. The van der Waals surface area contributed by atoms with Crippen molar-refractivity contribution in [3.8, 4) is 0 Å². The van der Waals surface area contributed by atoms with Crippen LogP contribution in [0.4, 0.5) is 16.2 Å². The number of aliphatic hydroxyl groups excluding tert-OH is 1. The van der Waals surface area contributed by atoms with Crippen molar-refractivity contribution in [2.45, 2.75) is 26.5 Å².